The Morgan fingerprint density at radius 3 is 2.78 bits per heavy atom. The molecule has 1 aliphatic heterocycles. The second-order valence-electron chi connectivity index (χ2n) is 4.84. The summed E-state index contributed by atoms with van der Waals surface area (Å²) in [5.74, 6) is 0.429. The van der Waals surface area contributed by atoms with Gasteiger partial charge in [-0.05, 0) is 30.7 Å². The summed E-state index contributed by atoms with van der Waals surface area (Å²) in [6.45, 7) is 1.28. The number of carbonyl (C=O) groups excluding carboxylic acids is 1. The van der Waals surface area contributed by atoms with Crippen molar-refractivity contribution >= 4 is 33.2 Å². The van der Waals surface area contributed by atoms with Gasteiger partial charge in [0, 0.05) is 31.5 Å². The minimum absolute atomic E-state index is 0.159. The van der Waals surface area contributed by atoms with Crippen LogP contribution in [-0.2, 0) is 4.79 Å². The van der Waals surface area contributed by atoms with Gasteiger partial charge in [-0.2, -0.15) is 0 Å². The summed E-state index contributed by atoms with van der Waals surface area (Å²) in [6.07, 6.45) is 0.551. The van der Waals surface area contributed by atoms with E-state index in [4.69, 9.17) is 5.73 Å². The minimum Gasteiger partial charge on any atom is -0.376 e. The molecule has 4 nitrogen and oxygen atoms in total. The molecule has 0 spiro atoms. The molecule has 1 heterocycles. The summed E-state index contributed by atoms with van der Waals surface area (Å²) < 4.78 is 0.979. The van der Waals surface area contributed by atoms with Gasteiger partial charge >= 0.3 is 0 Å². The van der Waals surface area contributed by atoms with E-state index in [0.717, 1.165) is 15.8 Å². The number of rotatable bonds is 3. The number of anilines is 2. The van der Waals surface area contributed by atoms with E-state index in [-0.39, 0.29) is 11.8 Å². The van der Waals surface area contributed by atoms with E-state index in [2.05, 4.69) is 15.9 Å². The first-order valence-electron chi connectivity index (χ1n) is 6.00. The molecule has 2 rings (SSSR count). The van der Waals surface area contributed by atoms with Crippen molar-refractivity contribution in [2.24, 2.45) is 11.7 Å². The van der Waals surface area contributed by atoms with Crippen molar-refractivity contribution in [3.8, 4) is 0 Å². The van der Waals surface area contributed by atoms with E-state index >= 15 is 0 Å². The first-order valence-corrected chi connectivity index (χ1v) is 6.79. The van der Waals surface area contributed by atoms with Gasteiger partial charge in [0.15, 0.2) is 0 Å². The molecule has 98 valence electrons. The number of hydrogen-bond acceptors (Lipinski definition) is 3. The Labute approximate surface area is 116 Å². The van der Waals surface area contributed by atoms with Gasteiger partial charge in [0.05, 0.1) is 11.4 Å². The van der Waals surface area contributed by atoms with Crippen molar-refractivity contribution in [2.75, 3.05) is 37.0 Å². The Bertz CT molecular complexity index is 462. The van der Waals surface area contributed by atoms with Gasteiger partial charge < -0.3 is 15.5 Å². The maximum absolute atomic E-state index is 12.1. The molecular weight excluding hydrogens is 294 g/mol. The lowest BCUT2D eigenvalue weighted by molar-refractivity contribution is -0.117. The van der Waals surface area contributed by atoms with Gasteiger partial charge in [0.2, 0.25) is 5.91 Å². The molecule has 1 unspecified atom stereocenters. The molecule has 18 heavy (non-hydrogen) atoms. The minimum atomic E-state index is 0.159. The first kappa shape index (κ1) is 13.4. The lowest BCUT2D eigenvalue weighted by atomic mass is 10.1. The predicted octanol–water partition coefficient (Wildman–Crippen LogP) is 1.83. The number of hydrogen-bond donors (Lipinski definition) is 1. The Morgan fingerprint density at radius 2 is 2.22 bits per heavy atom. The zero-order chi connectivity index (χ0) is 13.3. The maximum atomic E-state index is 12.1. The highest BCUT2D eigenvalue weighted by Crippen LogP contribution is 2.34. The SMILES string of the molecule is CN(C)c1ccc(Br)cc1N1CC(CN)CC1=O. The van der Waals surface area contributed by atoms with E-state index in [1.165, 1.54) is 0 Å². The number of amides is 1. The Kier molecular flexibility index (Phi) is 3.92. The Morgan fingerprint density at radius 1 is 1.50 bits per heavy atom. The van der Waals surface area contributed by atoms with Crippen molar-refractivity contribution in [2.45, 2.75) is 6.42 Å². The third-order valence-corrected chi connectivity index (χ3v) is 3.74. The highest BCUT2D eigenvalue weighted by atomic mass is 79.9. The molecule has 0 saturated carbocycles. The molecule has 0 aliphatic carbocycles. The molecule has 1 saturated heterocycles. The zero-order valence-electron chi connectivity index (χ0n) is 10.7. The van der Waals surface area contributed by atoms with E-state index in [1.54, 1.807) is 0 Å². The summed E-state index contributed by atoms with van der Waals surface area (Å²) in [5.41, 5.74) is 7.67. The monoisotopic (exact) mass is 311 g/mol. The van der Waals surface area contributed by atoms with Crippen LogP contribution in [0, 0.1) is 5.92 Å². The summed E-state index contributed by atoms with van der Waals surface area (Å²) in [7, 11) is 3.96. The fraction of sp³-hybridized carbons (Fsp3) is 0.462. The fourth-order valence-corrected chi connectivity index (χ4v) is 2.61. The summed E-state index contributed by atoms with van der Waals surface area (Å²) in [6, 6.07) is 5.99. The molecule has 1 aromatic rings. The zero-order valence-corrected chi connectivity index (χ0v) is 12.3. The molecule has 2 N–H and O–H groups in total. The molecule has 1 atom stereocenters. The van der Waals surface area contributed by atoms with Crippen molar-refractivity contribution in [3.63, 3.8) is 0 Å². The van der Waals surface area contributed by atoms with Gasteiger partial charge in [-0.3, -0.25) is 4.79 Å². The van der Waals surface area contributed by atoms with Crippen LogP contribution in [0.1, 0.15) is 6.42 Å². The normalized spacial score (nSPS) is 19.4. The van der Waals surface area contributed by atoms with Crippen LogP contribution >= 0.6 is 15.9 Å². The van der Waals surface area contributed by atoms with Gasteiger partial charge in [-0.15, -0.1) is 0 Å². The van der Waals surface area contributed by atoms with Gasteiger partial charge in [-0.1, -0.05) is 15.9 Å². The van der Waals surface area contributed by atoms with Crippen molar-refractivity contribution in [1.29, 1.82) is 0 Å². The quantitative estimate of drug-likeness (QED) is 0.926. The molecular formula is C13H18BrN3O. The lowest BCUT2D eigenvalue weighted by Crippen LogP contribution is -2.27. The number of nitrogens with zero attached hydrogens (tertiary/aromatic N) is 2. The smallest absolute Gasteiger partial charge is 0.227 e. The summed E-state index contributed by atoms with van der Waals surface area (Å²) in [5, 5.41) is 0. The number of nitrogens with two attached hydrogens (primary N) is 1. The molecule has 1 amide bonds. The summed E-state index contributed by atoms with van der Waals surface area (Å²) >= 11 is 3.46. The predicted molar refractivity (Wildman–Crippen MR) is 78.0 cm³/mol. The topological polar surface area (TPSA) is 49.6 Å². The average molecular weight is 312 g/mol. The fourth-order valence-electron chi connectivity index (χ4n) is 2.26. The van der Waals surface area contributed by atoms with Crippen LogP contribution in [0.4, 0.5) is 11.4 Å². The number of carbonyl (C=O) groups is 1. The van der Waals surface area contributed by atoms with Crippen molar-refractivity contribution in [3.05, 3.63) is 22.7 Å². The van der Waals surface area contributed by atoms with E-state index in [0.29, 0.717) is 19.5 Å². The van der Waals surface area contributed by atoms with Gasteiger partial charge in [-0.25, -0.2) is 0 Å². The van der Waals surface area contributed by atoms with Crippen LogP contribution in [0.2, 0.25) is 0 Å². The first-order chi connectivity index (χ1) is 8.52. The van der Waals surface area contributed by atoms with Gasteiger partial charge in [0.25, 0.3) is 0 Å². The number of benzene rings is 1. The Balaban J connectivity index is 2.38. The highest BCUT2D eigenvalue weighted by molar-refractivity contribution is 9.10. The largest absolute Gasteiger partial charge is 0.376 e. The maximum Gasteiger partial charge on any atom is 0.227 e. The van der Waals surface area contributed by atoms with Crippen LogP contribution in [0.25, 0.3) is 0 Å². The van der Waals surface area contributed by atoms with Gasteiger partial charge in [0.1, 0.15) is 0 Å². The van der Waals surface area contributed by atoms with Crippen LogP contribution in [0.3, 0.4) is 0 Å². The van der Waals surface area contributed by atoms with E-state index in [9.17, 15) is 4.79 Å². The number of halogens is 1. The third kappa shape index (κ3) is 2.52. The molecule has 1 fully saturated rings. The van der Waals surface area contributed by atoms with Crippen LogP contribution in [0.5, 0.6) is 0 Å². The third-order valence-electron chi connectivity index (χ3n) is 3.25. The standard InChI is InChI=1S/C13H18BrN3O/c1-16(2)11-4-3-10(14)6-12(11)17-8-9(7-15)5-13(17)18/h3-4,6,9H,5,7-8,15H2,1-2H3. The second kappa shape index (κ2) is 5.28. The van der Waals surface area contributed by atoms with Crippen molar-refractivity contribution in [1.82, 2.24) is 0 Å². The second-order valence-corrected chi connectivity index (χ2v) is 5.75. The molecule has 1 aromatic carbocycles. The van der Waals surface area contributed by atoms with E-state index in [1.807, 2.05) is 42.1 Å². The van der Waals surface area contributed by atoms with Crippen LogP contribution < -0.4 is 15.5 Å². The molecule has 0 bridgehead atoms. The highest BCUT2D eigenvalue weighted by Gasteiger charge is 2.31. The van der Waals surface area contributed by atoms with Crippen LogP contribution in [-0.4, -0.2) is 33.1 Å². The lowest BCUT2D eigenvalue weighted by Gasteiger charge is -2.24. The summed E-state index contributed by atoms with van der Waals surface area (Å²) in [4.78, 5) is 15.9. The van der Waals surface area contributed by atoms with Crippen molar-refractivity contribution < 1.29 is 4.79 Å². The van der Waals surface area contributed by atoms with Crippen LogP contribution in [0.15, 0.2) is 22.7 Å². The molecule has 5 heteroatoms. The molecule has 0 radical (unpaired) electrons. The Hall–Kier alpha value is -1.07. The van der Waals surface area contributed by atoms with E-state index < -0.39 is 0 Å². The average Bonchev–Trinajstić information content (AvgIpc) is 2.70. The molecule has 1 aliphatic rings. The molecule has 0 aromatic heterocycles.